The van der Waals surface area contributed by atoms with Gasteiger partial charge >= 0.3 is 0 Å². The van der Waals surface area contributed by atoms with Gasteiger partial charge in [-0.2, -0.15) is 0 Å². The van der Waals surface area contributed by atoms with Gasteiger partial charge in [0.2, 0.25) is 0 Å². The maximum atomic E-state index is 12.5. The quantitative estimate of drug-likeness (QED) is 0.409. The third-order valence-corrected chi connectivity index (χ3v) is 5.28. The molecule has 0 saturated carbocycles. The van der Waals surface area contributed by atoms with Crippen LogP contribution in [0.5, 0.6) is 11.5 Å². The first kappa shape index (κ1) is 23.6. The molecule has 3 N–H and O–H groups in total. The van der Waals surface area contributed by atoms with Crippen molar-refractivity contribution in [3.8, 4) is 11.5 Å². The van der Waals surface area contributed by atoms with Crippen LogP contribution in [-0.4, -0.2) is 31.3 Å². The number of amides is 1. The third kappa shape index (κ3) is 6.23. The lowest BCUT2D eigenvalue weighted by molar-refractivity contribution is 0.102. The van der Waals surface area contributed by atoms with Crippen LogP contribution in [0.3, 0.4) is 0 Å². The average Bonchev–Trinajstić information content (AvgIpc) is 2.81. The van der Waals surface area contributed by atoms with Gasteiger partial charge in [0.25, 0.3) is 5.91 Å². The molecule has 1 unspecified atom stereocenters. The van der Waals surface area contributed by atoms with E-state index in [1.54, 1.807) is 31.4 Å². The number of hydrogen-bond acceptors (Lipinski definition) is 5. The summed E-state index contributed by atoms with van der Waals surface area (Å²) in [5.74, 6) is 0.970. The Bertz CT molecular complexity index is 1060. The van der Waals surface area contributed by atoms with Crippen LogP contribution >= 0.6 is 11.6 Å². The highest BCUT2D eigenvalue weighted by Crippen LogP contribution is 2.30. The van der Waals surface area contributed by atoms with Crippen LogP contribution in [0.1, 0.15) is 34.5 Å². The number of ether oxygens (including phenoxy) is 2. The minimum Gasteiger partial charge on any atom is -0.493 e. The first-order chi connectivity index (χ1) is 15.5. The topological polar surface area (TPSA) is 79.8 Å². The maximum absolute atomic E-state index is 12.5. The van der Waals surface area contributed by atoms with Crippen LogP contribution in [0.2, 0.25) is 5.02 Å². The summed E-state index contributed by atoms with van der Waals surface area (Å²) < 4.78 is 10.9. The van der Waals surface area contributed by atoms with Gasteiger partial charge in [-0.25, -0.2) is 0 Å². The highest BCUT2D eigenvalue weighted by molar-refractivity contribution is 6.34. The normalized spacial score (nSPS) is 11.6. The molecular formula is C25H27ClN2O4. The number of halogens is 1. The Balaban J connectivity index is 1.62. The van der Waals surface area contributed by atoms with E-state index in [2.05, 4.69) is 17.6 Å². The van der Waals surface area contributed by atoms with Crippen molar-refractivity contribution < 1.29 is 19.4 Å². The highest BCUT2D eigenvalue weighted by atomic mass is 35.5. The number of carbonyl (C=O) groups is 1. The minimum absolute atomic E-state index is 0.0529. The Hall–Kier alpha value is -3.06. The summed E-state index contributed by atoms with van der Waals surface area (Å²) in [7, 11) is 1.59. The van der Waals surface area contributed by atoms with Crippen molar-refractivity contribution in [2.45, 2.75) is 19.5 Å². The van der Waals surface area contributed by atoms with E-state index in [0.29, 0.717) is 34.3 Å². The lowest BCUT2D eigenvalue weighted by Crippen LogP contribution is -2.18. The second-order valence-electron chi connectivity index (χ2n) is 7.22. The molecule has 0 saturated heterocycles. The summed E-state index contributed by atoms with van der Waals surface area (Å²) in [4.78, 5) is 12.5. The summed E-state index contributed by atoms with van der Waals surface area (Å²) in [6.07, 6.45) is 0. The van der Waals surface area contributed by atoms with E-state index < -0.39 is 0 Å². The summed E-state index contributed by atoms with van der Waals surface area (Å²) in [5, 5.41) is 15.7. The van der Waals surface area contributed by atoms with Gasteiger partial charge in [-0.1, -0.05) is 41.9 Å². The second-order valence-corrected chi connectivity index (χ2v) is 7.63. The zero-order valence-electron chi connectivity index (χ0n) is 18.1. The van der Waals surface area contributed by atoms with Crippen molar-refractivity contribution in [2.75, 3.05) is 25.6 Å². The number of nitrogens with one attached hydrogen (secondary N) is 2. The molecule has 0 aliphatic carbocycles. The van der Waals surface area contributed by atoms with Crippen molar-refractivity contribution in [3.63, 3.8) is 0 Å². The third-order valence-electron chi connectivity index (χ3n) is 4.95. The number of aliphatic hydroxyl groups is 1. The van der Waals surface area contributed by atoms with Gasteiger partial charge < -0.3 is 25.2 Å². The van der Waals surface area contributed by atoms with E-state index in [0.717, 1.165) is 11.1 Å². The number of hydrogen-bond donors (Lipinski definition) is 3. The summed E-state index contributed by atoms with van der Waals surface area (Å²) >= 11 is 6.12. The van der Waals surface area contributed by atoms with Gasteiger partial charge in [0, 0.05) is 18.3 Å². The van der Waals surface area contributed by atoms with Crippen LogP contribution in [0.4, 0.5) is 5.69 Å². The zero-order valence-corrected chi connectivity index (χ0v) is 18.9. The van der Waals surface area contributed by atoms with E-state index >= 15 is 0 Å². The molecule has 0 fully saturated rings. The number of anilines is 1. The fraction of sp³-hybridized carbons (Fsp3) is 0.240. The molecule has 3 aromatic rings. The minimum atomic E-state index is -0.246. The summed E-state index contributed by atoms with van der Waals surface area (Å²) in [6, 6.07) is 20.4. The molecule has 0 radical (unpaired) electrons. The molecule has 0 aliphatic heterocycles. The lowest BCUT2D eigenvalue weighted by atomic mass is 10.1. The standard InChI is InChI=1S/C25H27ClN2O4/c1-17(19-10-11-23(32-13-12-29)24(15-19)31-2)27-16-18-6-5-7-20(14-18)28-25(30)21-8-3-4-9-22(21)26/h3-11,14-15,17,27,29H,12-13,16H2,1-2H3,(H,28,30). The largest absolute Gasteiger partial charge is 0.493 e. The van der Waals surface area contributed by atoms with Gasteiger partial charge in [-0.15, -0.1) is 0 Å². The van der Waals surface area contributed by atoms with Crippen molar-refractivity contribution in [3.05, 3.63) is 88.4 Å². The monoisotopic (exact) mass is 454 g/mol. The Morgan fingerprint density at radius 1 is 1.06 bits per heavy atom. The molecule has 1 amide bonds. The molecule has 7 heteroatoms. The number of benzene rings is 3. The van der Waals surface area contributed by atoms with Gasteiger partial charge in [-0.05, 0) is 54.4 Å². The zero-order chi connectivity index (χ0) is 22.9. The molecule has 32 heavy (non-hydrogen) atoms. The number of carbonyl (C=O) groups excluding carboxylic acids is 1. The van der Waals surface area contributed by atoms with Gasteiger partial charge in [0.15, 0.2) is 11.5 Å². The number of rotatable bonds is 10. The number of methoxy groups -OCH3 is 1. The molecule has 3 aromatic carbocycles. The lowest BCUT2D eigenvalue weighted by Gasteiger charge is -2.17. The smallest absolute Gasteiger partial charge is 0.257 e. The molecule has 1 atom stereocenters. The SMILES string of the molecule is COc1cc(C(C)NCc2cccc(NC(=O)c3ccccc3Cl)c2)ccc1OCCO. The van der Waals surface area contributed by atoms with Gasteiger partial charge in [-0.3, -0.25) is 4.79 Å². The molecular weight excluding hydrogens is 428 g/mol. The average molecular weight is 455 g/mol. The Morgan fingerprint density at radius 3 is 2.62 bits per heavy atom. The number of aliphatic hydroxyl groups excluding tert-OH is 1. The molecule has 0 bridgehead atoms. The Labute approximate surface area is 193 Å². The fourth-order valence-electron chi connectivity index (χ4n) is 3.22. The molecule has 0 aromatic heterocycles. The van der Waals surface area contributed by atoms with Crippen molar-refractivity contribution in [1.29, 1.82) is 0 Å². The molecule has 3 rings (SSSR count). The van der Waals surface area contributed by atoms with Crippen LogP contribution in [0, 0.1) is 0 Å². The van der Waals surface area contributed by atoms with Gasteiger partial charge in [0.1, 0.15) is 6.61 Å². The van der Waals surface area contributed by atoms with E-state index in [4.69, 9.17) is 26.2 Å². The van der Waals surface area contributed by atoms with Crippen molar-refractivity contribution in [1.82, 2.24) is 5.32 Å². The Morgan fingerprint density at radius 2 is 1.88 bits per heavy atom. The van der Waals surface area contributed by atoms with E-state index in [1.165, 1.54) is 0 Å². The molecule has 0 aliphatic rings. The fourth-order valence-corrected chi connectivity index (χ4v) is 3.44. The molecule has 0 heterocycles. The first-order valence-electron chi connectivity index (χ1n) is 10.3. The highest BCUT2D eigenvalue weighted by Gasteiger charge is 2.12. The van der Waals surface area contributed by atoms with Crippen LogP contribution in [0.15, 0.2) is 66.7 Å². The van der Waals surface area contributed by atoms with Crippen molar-refractivity contribution in [2.24, 2.45) is 0 Å². The predicted octanol–water partition coefficient (Wildman–Crippen LogP) is 4.82. The van der Waals surface area contributed by atoms with Gasteiger partial charge in [0.05, 0.1) is 24.3 Å². The van der Waals surface area contributed by atoms with E-state index in [9.17, 15) is 4.79 Å². The van der Waals surface area contributed by atoms with E-state index in [-0.39, 0.29) is 25.2 Å². The first-order valence-corrected chi connectivity index (χ1v) is 10.7. The van der Waals surface area contributed by atoms with Crippen molar-refractivity contribution >= 4 is 23.2 Å². The summed E-state index contributed by atoms with van der Waals surface area (Å²) in [6.45, 7) is 2.84. The van der Waals surface area contributed by atoms with Crippen LogP contribution < -0.4 is 20.1 Å². The molecule has 0 spiro atoms. The van der Waals surface area contributed by atoms with Crippen LogP contribution in [0.25, 0.3) is 0 Å². The summed E-state index contributed by atoms with van der Waals surface area (Å²) in [5.41, 5.74) is 3.21. The predicted molar refractivity (Wildman–Crippen MR) is 127 cm³/mol. The van der Waals surface area contributed by atoms with E-state index in [1.807, 2.05) is 42.5 Å². The van der Waals surface area contributed by atoms with Crippen LogP contribution in [-0.2, 0) is 6.54 Å². The molecule has 6 nitrogen and oxygen atoms in total. The Kier molecular flexibility index (Phi) is 8.50. The second kappa shape index (κ2) is 11.5. The molecule has 168 valence electrons. The maximum Gasteiger partial charge on any atom is 0.257 e.